The summed E-state index contributed by atoms with van der Waals surface area (Å²) >= 11 is 0. The van der Waals surface area contributed by atoms with E-state index in [-0.39, 0.29) is 0 Å². The molecule has 2 aromatic heterocycles. The minimum atomic E-state index is -0.523. The lowest BCUT2D eigenvalue weighted by atomic mass is 9.67. The van der Waals surface area contributed by atoms with Crippen LogP contribution in [0.15, 0.2) is 207 Å². The molecule has 0 saturated carbocycles. The Kier molecular flexibility index (Phi) is 8.38. The first-order chi connectivity index (χ1) is 28.1. The minimum Gasteiger partial charge on any atom is -0.309 e. The van der Waals surface area contributed by atoms with Gasteiger partial charge in [0.05, 0.1) is 16.4 Å². The van der Waals surface area contributed by atoms with Crippen molar-refractivity contribution < 1.29 is 0 Å². The Morgan fingerprint density at radius 3 is 1.68 bits per heavy atom. The first-order valence-electron chi connectivity index (χ1n) is 19.3. The van der Waals surface area contributed by atoms with Crippen LogP contribution in [0.3, 0.4) is 0 Å². The summed E-state index contributed by atoms with van der Waals surface area (Å²) in [4.78, 5) is 15.0. The van der Waals surface area contributed by atoms with Gasteiger partial charge < -0.3 is 4.57 Å². The Morgan fingerprint density at radius 2 is 1.07 bits per heavy atom. The Morgan fingerprint density at radius 1 is 0.526 bits per heavy atom. The molecule has 2 heterocycles. The molecule has 1 aliphatic carbocycles. The predicted molar refractivity (Wildman–Crippen MR) is 236 cm³/mol. The molecule has 1 aliphatic rings. The average Bonchev–Trinajstić information content (AvgIpc) is 3.76. The second-order valence-corrected chi connectivity index (χ2v) is 14.5. The molecular weight excluding hydrogens is 693 g/mol. The molecule has 0 bridgehead atoms. The Labute approximate surface area is 332 Å². The quantitative estimate of drug-likeness (QED) is 0.146. The van der Waals surface area contributed by atoms with E-state index in [4.69, 9.17) is 15.0 Å². The lowest BCUT2D eigenvalue weighted by Gasteiger charge is -2.34. The summed E-state index contributed by atoms with van der Waals surface area (Å²) in [7, 11) is 0. The molecule has 0 radical (unpaired) electrons. The van der Waals surface area contributed by atoms with E-state index in [1.807, 2.05) is 66.7 Å². The monoisotopic (exact) mass is 730 g/mol. The molecule has 0 atom stereocenters. The van der Waals surface area contributed by atoms with Crippen LogP contribution in [0.25, 0.3) is 67.0 Å². The Bertz CT molecular complexity index is 2920. The van der Waals surface area contributed by atoms with Crippen LogP contribution >= 0.6 is 0 Å². The van der Waals surface area contributed by atoms with Crippen LogP contribution in [0, 0.1) is 0 Å². The fourth-order valence-electron chi connectivity index (χ4n) is 8.76. The zero-order valence-corrected chi connectivity index (χ0v) is 31.5. The molecule has 7 aromatic carbocycles. The highest BCUT2D eigenvalue weighted by Crippen LogP contribution is 2.57. The van der Waals surface area contributed by atoms with Crippen LogP contribution in [0.5, 0.6) is 0 Å². The van der Waals surface area contributed by atoms with E-state index in [1.165, 1.54) is 44.2 Å². The molecule has 10 rings (SSSR count). The minimum absolute atomic E-state index is 0.523. The Balaban J connectivity index is 1.23. The maximum atomic E-state index is 5.05. The number of fused-ring (bicyclic) bond motifs is 6. The van der Waals surface area contributed by atoms with Crippen molar-refractivity contribution in [3.8, 4) is 33.9 Å². The molecule has 4 nitrogen and oxygen atoms in total. The van der Waals surface area contributed by atoms with E-state index in [0.717, 1.165) is 33.4 Å². The molecule has 0 saturated heterocycles. The van der Waals surface area contributed by atoms with E-state index >= 15 is 0 Å². The van der Waals surface area contributed by atoms with Crippen molar-refractivity contribution >= 4 is 33.1 Å². The van der Waals surface area contributed by atoms with Crippen molar-refractivity contribution in [3.05, 3.63) is 235 Å². The summed E-state index contributed by atoms with van der Waals surface area (Å²) in [5, 5.41) is 2.37. The number of benzene rings is 7. The molecule has 4 heteroatoms. The second kappa shape index (κ2) is 14.0. The van der Waals surface area contributed by atoms with Gasteiger partial charge in [0.15, 0.2) is 17.5 Å². The van der Waals surface area contributed by atoms with Gasteiger partial charge in [-0.15, -0.1) is 0 Å². The zero-order chi connectivity index (χ0) is 38.3. The standard InChI is InChI=1S/C53H38N4/c1-3-20-41(33-36(2)50-54-51(37-21-8-4-9-22-37)56-52(55-50)38-23-10-5-11-24-38)57-48-32-19-17-30-43(48)45-34-44-42-29-16-18-31-46(42)53(47(44)35-49(45)57,39-25-12-6-13-26-39)40-27-14-7-15-28-40/h3-35H,1H2,2H3/b36-33+,41-20+. The average molecular weight is 731 g/mol. The predicted octanol–water partition coefficient (Wildman–Crippen LogP) is 12.8. The van der Waals surface area contributed by atoms with Gasteiger partial charge >= 0.3 is 0 Å². The van der Waals surface area contributed by atoms with E-state index < -0.39 is 5.41 Å². The summed E-state index contributed by atoms with van der Waals surface area (Å²) in [5.74, 6) is 1.88. The van der Waals surface area contributed by atoms with Crippen molar-refractivity contribution in [2.75, 3.05) is 0 Å². The number of rotatable bonds is 8. The van der Waals surface area contributed by atoms with Crippen molar-refractivity contribution in [3.63, 3.8) is 0 Å². The number of allylic oxidation sites excluding steroid dienone is 5. The van der Waals surface area contributed by atoms with Crippen LogP contribution in [-0.2, 0) is 5.41 Å². The maximum absolute atomic E-state index is 5.05. The molecule has 0 fully saturated rings. The van der Waals surface area contributed by atoms with Crippen molar-refractivity contribution in [2.45, 2.75) is 12.3 Å². The SMILES string of the molecule is C=C/C=C(\C=C(/C)c1nc(-c2ccccc2)nc(-c2ccccc2)n1)n1c2ccccc2c2cc3c(cc21)C(c1ccccc1)(c1ccccc1)c1ccccc1-3. The van der Waals surface area contributed by atoms with Crippen molar-refractivity contribution in [1.82, 2.24) is 19.5 Å². The van der Waals surface area contributed by atoms with Gasteiger partial charge in [0.2, 0.25) is 0 Å². The van der Waals surface area contributed by atoms with Crippen LogP contribution in [0.1, 0.15) is 35.0 Å². The van der Waals surface area contributed by atoms with Gasteiger partial charge in [0.1, 0.15) is 0 Å². The van der Waals surface area contributed by atoms with Gasteiger partial charge in [-0.25, -0.2) is 15.0 Å². The summed E-state index contributed by atoms with van der Waals surface area (Å²) in [6.45, 7) is 6.26. The number of nitrogens with zero attached hydrogens (tertiary/aromatic N) is 4. The topological polar surface area (TPSA) is 43.6 Å². The van der Waals surface area contributed by atoms with Gasteiger partial charge in [0.25, 0.3) is 0 Å². The first kappa shape index (κ1) is 34.1. The molecular formula is C53H38N4. The molecule has 9 aromatic rings. The molecule has 0 unspecified atom stereocenters. The van der Waals surface area contributed by atoms with E-state index in [2.05, 4.69) is 152 Å². The normalized spacial score (nSPS) is 13.4. The van der Waals surface area contributed by atoms with E-state index in [9.17, 15) is 0 Å². The van der Waals surface area contributed by atoms with E-state index in [1.54, 1.807) is 0 Å². The molecule has 0 amide bonds. The summed E-state index contributed by atoms with van der Waals surface area (Å²) in [6.07, 6.45) is 6.12. The fourth-order valence-corrected chi connectivity index (χ4v) is 8.76. The van der Waals surface area contributed by atoms with Crippen molar-refractivity contribution in [1.29, 1.82) is 0 Å². The smallest absolute Gasteiger partial charge is 0.164 e. The van der Waals surface area contributed by atoms with Gasteiger partial charge in [0, 0.05) is 27.6 Å². The summed E-state index contributed by atoms with van der Waals surface area (Å²) in [5.41, 5.74) is 13.0. The lowest BCUT2D eigenvalue weighted by molar-refractivity contribution is 0.769. The lowest BCUT2D eigenvalue weighted by Crippen LogP contribution is -2.28. The fraction of sp³-hybridized carbons (Fsp3) is 0.0377. The second-order valence-electron chi connectivity index (χ2n) is 14.5. The third kappa shape index (κ3) is 5.57. The number of para-hydroxylation sites is 1. The third-order valence-corrected chi connectivity index (χ3v) is 11.2. The van der Waals surface area contributed by atoms with Crippen LogP contribution in [-0.4, -0.2) is 19.5 Å². The number of hydrogen-bond acceptors (Lipinski definition) is 3. The van der Waals surface area contributed by atoms with E-state index in [0.29, 0.717) is 17.5 Å². The van der Waals surface area contributed by atoms with Gasteiger partial charge in [-0.3, -0.25) is 0 Å². The highest BCUT2D eigenvalue weighted by molar-refractivity contribution is 6.13. The van der Waals surface area contributed by atoms with Crippen LogP contribution in [0.4, 0.5) is 0 Å². The molecule has 0 spiro atoms. The van der Waals surface area contributed by atoms with Crippen LogP contribution in [0.2, 0.25) is 0 Å². The third-order valence-electron chi connectivity index (χ3n) is 11.2. The van der Waals surface area contributed by atoms with Gasteiger partial charge in [-0.05, 0) is 76.2 Å². The highest BCUT2D eigenvalue weighted by Gasteiger charge is 2.46. The molecule has 0 aliphatic heterocycles. The summed E-state index contributed by atoms with van der Waals surface area (Å²) < 4.78 is 2.37. The highest BCUT2D eigenvalue weighted by atomic mass is 15.0. The van der Waals surface area contributed by atoms with Gasteiger partial charge in [-0.1, -0.05) is 176 Å². The largest absolute Gasteiger partial charge is 0.309 e. The maximum Gasteiger partial charge on any atom is 0.164 e. The number of hydrogen-bond donors (Lipinski definition) is 0. The molecule has 0 N–H and O–H groups in total. The molecule has 270 valence electrons. The summed E-state index contributed by atoms with van der Waals surface area (Å²) in [6, 6.07) is 64.6. The van der Waals surface area contributed by atoms with Crippen LogP contribution < -0.4 is 0 Å². The molecule has 57 heavy (non-hydrogen) atoms. The number of aromatic nitrogens is 4. The Hall–Kier alpha value is -7.43. The van der Waals surface area contributed by atoms with Crippen molar-refractivity contribution in [2.24, 2.45) is 0 Å². The first-order valence-corrected chi connectivity index (χ1v) is 19.3. The van der Waals surface area contributed by atoms with Gasteiger partial charge in [-0.2, -0.15) is 0 Å². The zero-order valence-electron chi connectivity index (χ0n) is 31.5.